The van der Waals surface area contributed by atoms with Crippen LogP contribution in [0.3, 0.4) is 0 Å². The van der Waals surface area contributed by atoms with Crippen LogP contribution < -0.4 is 5.32 Å². The summed E-state index contributed by atoms with van der Waals surface area (Å²) in [6.07, 6.45) is 0.496. The number of aromatic nitrogens is 2. The summed E-state index contributed by atoms with van der Waals surface area (Å²) in [6, 6.07) is 0.390. The van der Waals surface area contributed by atoms with E-state index < -0.39 is 6.43 Å². The van der Waals surface area contributed by atoms with Gasteiger partial charge in [0, 0.05) is 18.2 Å². The Balaban J connectivity index is 2.05. The predicted molar refractivity (Wildman–Crippen MR) is 53.0 cm³/mol. The third kappa shape index (κ3) is 2.34. The Bertz CT molecular complexity index is 329. The molecular weight excluding hydrogens is 200 g/mol. The van der Waals surface area contributed by atoms with Crippen LogP contribution in [0.1, 0.15) is 36.5 Å². The number of alkyl halides is 2. The number of rotatable bonds is 3. The molecule has 1 aliphatic heterocycles. The Kier molecular flexibility index (Phi) is 3.00. The molecule has 0 amide bonds. The van der Waals surface area contributed by atoms with Crippen LogP contribution in [-0.2, 0) is 6.42 Å². The highest BCUT2D eigenvalue weighted by atomic mass is 19.3. The average Bonchev–Trinajstić information content (AvgIpc) is 2.75. The van der Waals surface area contributed by atoms with E-state index in [0.717, 1.165) is 19.4 Å². The van der Waals surface area contributed by atoms with Crippen molar-refractivity contribution in [1.82, 2.24) is 15.3 Å². The molecule has 0 spiro atoms. The van der Waals surface area contributed by atoms with Crippen molar-refractivity contribution in [2.24, 2.45) is 0 Å². The highest BCUT2D eigenvalue weighted by Crippen LogP contribution is 2.21. The zero-order valence-electron chi connectivity index (χ0n) is 8.69. The second-order valence-corrected chi connectivity index (χ2v) is 3.99. The van der Waals surface area contributed by atoms with Crippen LogP contribution in [0, 0.1) is 6.92 Å². The maximum Gasteiger partial charge on any atom is 0.282 e. The molecule has 1 unspecified atom stereocenters. The molecule has 84 valence electrons. The molecule has 0 aliphatic carbocycles. The van der Waals surface area contributed by atoms with Gasteiger partial charge in [0.25, 0.3) is 6.43 Å². The molecule has 1 saturated heterocycles. The Morgan fingerprint density at radius 2 is 2.33 bits per heavy atom. The molecule has 2 rings (SSSR count). The number of nitrogens with zero attached hydrogens (tertiary/aromatic N) is 1. The fourth-order valence-corrected chi connectivity index (χ4v) is 2.01. The van der Waals surface area contributed by atoms with Crippen LogP contribution in [0.25, 0.3) is 0 Å². The van der Waals surface area contributed by atoms with E-state index in [1.807, 2.05) is 0 Å². The summed E-state index contributed by atoms with van der Waals surface area (Å²) in [7, 11) is 0. The van der Waals surface area contributed by atoms with Gasteiger partial charge in [0.1, 0.15) is 11.5 Å². The van der Waals surface area contributed by atoms with E-state index in [1.165, 1.54) is 0 Å². The number of aryl methyl sites for hydroxylation is 1. The number of hydrogen-bond donors (Lipinski definition) is 2. The number of H-pyrrole nitrogens is 1. The minimum atomic E-state index is -2.48. The maximum atomic E-state index is 12.5. The molecule has 15 heavy (non-hydrogen) atoms. The third-order valence-electron chi connectivity index (χ3n) is 2.78. The Morgan fingerprint density at radius 3 is 2.87 bits per heavy atom. The zero-order chi connectivity index (χ0) is 10.8. The van der Waals surface area contributed by atoms with Crippen LogP contribution in [0.5, 0.6) is 0 Å². The second kappa shape index (κ2) is 4.26. The molecule has 1 fully saturated rings. The second-order valence-electron chi connectivity index (χ2n) is 3.99. The van der Waals surface area contributed by atoms with Crippen molar-refractivity contribution in [3.05, 3.63) is 17.2 Å². The van der Waals surface area contributed by atoms with Crippen molar-refractivity contribution < 1.29 is 8.78 Å². The zero-order valence-corrected chi connectivity index (χ0v) is 8.69. The first-order chi connectivity index (χ1) is 7.16. The lowest BCUT2D eigenvalue weighted by Gasteiger charge is -2.06. The van der Waals surface area contributed by atoms with Crippen LogP contribution in [-0.4, -0.2) is 22.6 Å². The minimum Gasteiger partial charge on any atom is -0.346 e. The first-order valence-corrected chi connectivity index (χ1v) is 5.23. The van der Waals surface area contributed by atoms with Gasteiger partial charge in [-0.05, 0) is 26.3 Å². The number of imidazole rings is 1. The van der Waals surface area contributed by atoms with Gasteiger partial charge in [0.2, 0.25) is 0 Å². The summed E-state index contributed by atoms with van der Waals surface area (Å²) >= 11 is 0. The fourth-order valence-electron chi connectivity index (χ4n) is 2.01. The van der Waals surface area contributed by atoms with Gasteiger partial charge in [0.15, 0.2) is 0 Å². The lowest BCUT2D eigenvalue weighted by atomic mass is 10.1. The van der Waals surface area contributed by atoms with Crippen molar-refractivity contribution in [3.63, 3.8) is 0 Å². The van der Waals surface area contributed by atoms with Crippen LogP contribution in [0.4, 0.5) is 8.78 Å². The standard InChI is InChI=1S/C10H15F2N3/c1-6-9(10(11)12)15-8(14-6)5-7-3-2-4-13-7/h7,10,13H,2-5H2,1H3,(H,14,15). The van der Waals surface area contributed by atoms with Crippen molar-refractivity contribution in [2.75, 3.05) is 6.54 Å². The molecule has 3 nitrogen and oxygen atoms in total. The van der Waals surface area contributed by atoms with E-state index >= 15 is 0 Å². The summed E-state index contributed by atoms with van der Waals surface area (Å²) in [6.45, 7) is 2.66. The summed E-state index contributed by atoms with van der Waals surface area (Å²) in [5.74, 6) is 0.669. The average molecular weight is 215 g/mol. The largest absolute Gasteiger partial charge is 0.346 e. The molecule has 0 saturated carbocycles. The SMILES string of the molecule is Cc1[nH]c(CC2CCCN2)nc1C(F)F. The van der Waals surface area contributed by atoms with Gasteiger partial charge in [-0.2, -0.15) is 0 Å². The number of hydrogen-bond acceptors (Lipinski definition) is 2. The highest BCUT2D eigenvalue weighted by molar-refractivity contribution is 5.14. The fraction of sp³-hybridized carbons (Fsp3) is 0.700. The Hall–Kier alpha value is -0.970. The van der Waals surface area contributed by atoms with Gasteiger partial charge in [-0.25, -0.2) is 13.8 Å². The molecule has 1 aromatic heterocycles. The van der Waals surface area contributed by atoms with E-state index in [4.69, 9.17) is 0 Å². The Morgan fingerprint density at radius 1 is 1.53 bits per heavy atom. The van der Waals surface area contributed by atoms with Gasteiger partial charge in [-0.1, -0.05) is 0 Å². The topological polar surface area (TPSA) is 40.7 Å². The van der Waals surface area contributed by atoms with E-state index in [1.54, 1.807) is 6.92 Å². The monoisotopic (exact) mass is 215 g/mol. The molecule has 0 aromatic carbocycles. The Labute approximate surface area is 87.3 Å². The van der Waals surface area contributed by atoms with Gasteiger partial charge < -0.3 is 10.3 Å². The third-order valence-corrected chi connectivity index (χ3v) is 2.78. The van der Waals surface area contributed by atoms with Gasteiger partial charge >= 0.3 is 0 Å². The first kappa shape index (κ1) is 10.5. The molecule has 1 aromatic rings. The minimum absolute atomic E-state index is 0.108. The molecule has 0 bridgehead atoms. The van der Waals surface area contributed by atoms with E-state index in [9.17, 15) is 8.78 Å². The number of halogens is 2. The summed E-state index contributed by atoms with van der Waals surface area (Å²) in [4.78, 5) is 6.85. The number of aromatic amines is 1. The van der Waals surface area contributed by atoms with Crippen molar-refractivity contribution in [2.45, 2.75) is 38.7 Å². The first-order valence-electron chi connectivity index (χ1n) is 5.23. The summed E-state index contributed by atoms with van der Waals surface area (Å²) in [5.41, 5.74) is 0.376. The van der Waals surface area contributed by atoms with Gasteiger partial charge in [-0.15, -0.1) is 0 Å². The van der Waals surface area contributed by atoms with Crippen molar-refractivity contribution in [3.8, 4) is 0 Å². The van der Waals surface area contributed by atoms with Gasteiger partial charge in [-0.3, -0.25) is 0 Å². The molecule has 2 heterocycles. The van der Waals surface area contributed by atoms with Crippen molar-refractivity contribution >= 4 is 0 Å². The lowest BCUT2D eigenvalue weighted by molar-refractivity contribution is 0.145. The van der Waals surface area contributed by atoms with Crippen molar-refractivity contribution in [1.29, 1.82) is 0 Å². The van der Waals surface area contributed by atoms with Crippen LogP contribution >= 0.6 is 0 Å². The molecule has 1 aliphatic rings. The quantitative estimate of drug-likeness (QED) is 0.809. The van der Waals surface area contributed by atoms with Gasteiger partial charge in [0.05, 0.1) is 0 Å². The van der Waals surface area contributed by atoms with Crippen LogP contribution in [0.15, 0.2) is 0 Å². The van der Waals surface area contributed by atoms with E-state index in [2.05, 4.69) is 15.3 Å². The lowest BCUT2D eigenvalue weighted by Crippen LogP contribution is -2.24. The number of nitrogens with one attached hydrogen (secondary N) is 2. The smallest absolute Gasteiger partial charge is 0.282 e. The molecule has 5 heteroatoms. The molecule has 2 N–H and O–H groups in total. The molecule has 0 radical (unpaired) electrons. The van der Waals surface area contributed by atoms with Crippen LogP contribution in [0.2, 0.25) is 0 Å². The summed E-state index contributed by atoms with van der Waals surface area (Å²) < 4.78 is 24.9. The predicted octanol–water partition coefficient (Wildman–Crippen LogP) is 1.95. The summed E-state index contributed by atoms with van der Waals surface area (Å²) in [5, 5.41) is 3.32. The normalized spacial score (nSPS) is 21.5. The molecular formula is C10H15F2N3. The maximum absolute atomic E-state index is 12.5. The molecule has 1 atom stereocenters. The van der Waals surface area contributed by atoms with E-state index in [0.29, 0.717) is 24.0 Å². The highest BCUT2D eigenvalue weighted by Gasteiger charge is 2.19. The van der Waals surface area contributed by atoms with E-state index in [-0.39, 0.29) is 5.69 Å².